The van der Waals surface area contributed by atoms with Crippen molar-refractivity contribution in [3.63, 3.8) is 0 Å². The molecular weight excluding hydrogens is 182 g/mol. The Hall–Kier alpha value is -0.0400. The molecule has 0 saturated carbocycles. The number of quaternary nitrogens is 1. The zero-order chi connectivity index (χ0) is 11.5. The molecule has 0 amide bonds. The molecule has 2 unspecified atom stereocenters. The van der Waals surface area contributed by atoms with E-state index in [1.165, 1.54) is 49.7 Å². The number of rotatable bonds is 4. The first-order valence-corrected chi connectivity index (χ1v) is 6.73. The maximum Gasteiger partial charge on any atom is 0.0837 e. The molecule has 1 nitrogen and oxygen atoms in total. The molecule has 0 radical (unpaired) electrons. The van der Waals surface area contributed by atoms with Gasteiger partial charge in [0.25, 0.3) is 0 Å². The van der Waals surface area contributed by atoms with E-state index in [1.54, 1.807) is 0 Å². The molecule has 0 aromatic carbocycles. The second-order valence-corrected chi connectivity index (χ2v) is 6.70. The molecule has 0 aromatic heterocycles. The van der Waals surface area contributed by atoms with Crippen LogP contribution in [0.25, 0.3) is 0 Å². The lowest BCUT2D eigenvalue weighted by Crippen LogP contribution is -2.55. The molecule has 0 bridgehead atoms. The third-order valence-electron chi connectivity index (χ3n) is 3.89. The van der Waals surface area contributed by atoms with Gasteiger partial charge >= 0.3 is 0 Å². The number of nitrogens with zero attached hydrogens (tertiary/aromatic N) is 1. The van der Waals surface area contributed by atoms with Crippen molar-refractivity contribution in [3.8, 4) is 0 Å². The van der Waals surface area contributed by atoms with Gasteiger partial charge in [-0.2, -0.15) is 0 Å². The molecule has 1 fully saturated rings. The van der Waals surface area contributed by atoms with Crippen molar-refractivity contribution in [2.45, 2.75) is 52.9 Å². The van der Waals surface area contributed by atoms with Crippen molar-refractivity contribution < 1.29 is 4.48 Å². The van der Waals surface area contributed by atoms with Gasteiger partial charge in [-0.3, -0.25) is 0 Å². The van der Waals surface area contributed by atoms with Gasteiger partial charge in [0.05, 0.1) is 27.2 Å². The highest BCUT2D eigenvalue weighted by molar-refractivity contribution is 4.81. The van der Waals surface area contributed by atoms with Crippen molar-refractivity contribution in [3.05, 3.63) is 0 Å². The maximum absolute atomic E-state index is 2.51. The Balaban J connectivity index is 2.66. The maximum atomic E-state index is 2.51. The van der Waals surface area contributed by atoms with Crippen molar-refractivity contribution in [1.82, 2.24) is 0 Å². The number of likely N-dealkylation sites (tertiary alicyclic amines) is 1. The predicted octanol–water partition coefficient (Wildman–Crippen LogP) is 3.69. The third-order valence-corrected chi connectivity index (χ3v) is 3.89. The summed E-state index contributed by atoms with van der Waals surface area (Å²) in [6.45, 7) is 9.94. The van der Waals surface area contributed by atoms with E-state index in [0.29, 0.717) is 5.41 Å². The minimum absolute atomic E-state index is 0.607. The van der Waals surface area contributed by atoms with Gasteiger partial charge in [-0.05, 0) is 19.3 Å². The number of piperidine rings is 1. The van der Waals surface area contributed by atoms with Crippen molar-refractivity contribution >= 4 is 0 Å². The first-order chi connectivity index (χ1) is 6.91. The van der Waals surface area contributed by atoms with E-state index in [1.807, 2.05) is 0 Å². The summed E-state index contributed by atoms with van der Waals surface area (Å²) < 4.78 is 1.24. The van der Waals surface area contributed by atoms with Gasteiger partial charge in [0.1, 0.15) is 0 Å². The summed E-state index contributed by atoms with van der Waals surface area (Å²) in [5, 5.41) is 0. The van der Waals surface area contributed by atoms with Gasteiger partial charge in [-0.1, -0.05) is 33.6 Å². The van der Waals surface area contributed by atoms with Crippen LogP contribution in [-0.4, -0.2) is 31.7 Å². The first kappa shape index (κ1) is 13.0. The molecule has 1 saturated heterocycles. The molecule has 0 N–H and O–H groups in total. The standard InChI is InChI=1S/C14H30N/c1-6-8-13-10-14(3,9-7-2)12-15(4,5)11-13/h13H,6-12H2,1-5H3/q+1. The normalized spacial score (nSPS) is 35.4. The van der Waals surface area contributed by atoms with E-state index in [-0.39, 0.29) is 0 Å². The van der Waals surface area contributed by atoms with Crippen LogP contribution in [0.1, 0.15) is 52.9 Å². The smallest absolute Gasteiger partial charge is 0.0837 e. The Bertz CT molecular complexity index is 198. The van der Waals surface area contributed by atoms with Gasteiger partial charge in [0, 0.05) is 11.3 Å². The first-order valence-electron chi connectivity index (χ1n) is 6.73. The van der Waals surface area contributed by atoms with E-state index >= 15 is 0 Å². The van der Waals surface area contributed by atoms with Crippen LogP contribution in [-0.2, 0) is 0 Å². The second-order valence-electron chi connectivity index (χ2n) is 6.70. The lowest BCUT2D eigenvalue weighted by molar-refractivity contribution is -0.906. The van der Waals surface area contributed by atoms with Crippen LogP contribution in [0.15, 0.2) is 0 Å². The fraction of sp³-hybridized carbons (Fsp3) is 1.00. The average Bonchev–Trinajstić information content (AvgIpc) is 1.99. The highest BCUT2D eigenvalue weighted by Crippen LogP contribution is 2.40. The van der Waals surface area contributed by atoms with E-state index in [9.17, 15) is 0 Å². The Labute approximate surface area is 96.4 Å². The van der Waals surface area contributed by atoms with E-state index in [2.05, 4.69) is 34.9 Å². The van der Waals surface area contributed by atoms with Gasteiger partial charge in [-0.15, -0.1) is 0 Å². The summed E-state index contributed by atoms with van der Waals surface area (Å²) in [5.41, 5.74) is 0.607. The fourth-order valence-electron chi connectivity index (χ4n) is 4.01. The quantitative estimate of drug-likeness (QED) is 0.624. The van der Waals surface area contributed by atoms with Gasteiger partial charge in [-0.25, -0.2) is 0 Å². The largest absolute Gasteiger partial charge is 0.328 e. The Morgan fingerprint density at radius 2 is 1.87 bits per heavy atom. The molecule has 1 aliphatic rings. The SMILES string of the molecule is CCCC1CC(C)(CCC)C[N+](C)(C)C1. The van der Waals surface area contributed by atoms with Crippen LogP contribution >= 0.6 is 0 Å². The van der Waals surface area contributed by atoms with Crippen molar-refractivity contribution in [2.75, 3.05) is 27.2 Å². The summed E-state index contributed by atoms with van der Waals surface area (Å²) >= 11 is 0. The molecule has 1 heterocycles. The van der Waals surface area contributed by atoms with Gasteiger partial charge in [0.15, 0.2) is 0 Å². The van der Waals surface area contributed by atoms with Gasteiger partial charge < -0.3 is 4.48 Å². The molecule has 1 aliphatic heterocycles. The molecule has 2 atom stereocenters. The summed E-state index contributed by atoms with van der Waals surface area (Å²) in [7, 11) is 4.82. The van der Waals surface area contributed by atoms with Crippen LogP contribution in [0.2, 0.25) is 0 Å². The van der Waals surface area contributed by atoms with Crippen LogP contribution in [0.3, 0.4) is 0 Å². The zero-order valence-corrected chi connectivity index (χ0v) is 11.5. The molecule has 0 spiro atoms. The van der Waals surface area contributed by atoms with E-state index < -0.39 is 0 Å². The summed E-state index contributed by atoms with van der Waals surface area (Å²) in [6, 6.07) is 0. The molecule has 1 rings (SSSR count). The number of hydrogen-bond donors (Lipinski definition) is 0. The Morgan fingerprint density at radius 3 is 2.40 bits per heavy atom. The highest BCUT2D eigenvalue weighted by atomic mass is 15.3. The minimum atomic E-state index is 0.607. The molecule has 15 heavy (non-hydrogen) atoms. The van der Waals surface area contributed by atoms with Crippen LogP contribution in [0.4, 0.5) is 0 Å². The predicted molar refractivity (Wildman–Crippen MR) is 67.9 cm³/mol. The van der Waals surface area contributed by atoms with E-state index in [0.717, 1.165) is 5.92 Å². The molecule has 0 aliphatic carbocycles. The Kier molecular flexibility index (Phi) is 4.22. The van der Waals surface area contributed by atoms with Gasteiger partial charge in [0.2, 0.25) is 0 Å². The summed E-state index contributed by atoms with van der Waals surface area (Å²) in [6.07, 6.45) is 7.01. The average molecular weight is 212 g/mol. The van der Waals surface area contributed by atoms with E-state index in [4.69, 9.17) is 0 Å². The summed E-state index contributed by atoms with van der Waals surface area (Å²) in [5.74, 6) is 0.968. The third kappa shape index (κ3) is 3.79. The van der Waals surface area contributed by atoms with Crippen LogP contribution in [0, 0.1) is 11.3 Å². The molecular formula is C14H30N+. The molecule has 0 aromatic rings. The van der Waals surface area contributed by atoms with Crippen LogP contribution < -0.4 is 0 Å². The topological polar surface area (TPSA) is 0 Å². The molecule has 1 heteroatoms. The number of hydrogen-bond acceptors (Lipinski definition) is 0. The monoisotopic (exact) mass is 212 g/mol. The fourth-order valence-corrected chi connectivity index (χ4v) is 4.01. The van der Waals surface area contributed by atoms with Crippen molar-refractivity contribution in [2.24, 2.45) is 11.3 Å². The second kappa shape index (κ2) is 4.86. The molecule has 90 valence electrons. The lowest BCUT2D eigenvalue weighted by atomic mass is 9.72. The summed E-state index contributed by atoms with van der Waals surface area (Å²) in [4.78, 5) is 0. The lowest BCUT2D eigenvalue weighted by Gasteiger charge is -2.47. The van der Waals surface area contributed by atoms with Crippen LogP contribution in [0.5, 0.6) is 0 Å². The van der Waals surface area contributed by atoms with Crippen molar-refractivity contribution in [1.29, 1.82) is 0 Å². The Morgan fingerprint density at radius 1 is 1.20 bits per heavy atom. The zero-order valence-electron chi connectivity index (χ0n) is 11.5. The highest BCUT2D eigenvalue weighted by Gasteiger charge is 2.40. The minimum Gasteiger partial charge on any atom is -0.328 e.